The van der Waals surface area contributed by atoms with Gasteiger partial charge in [-0.05, 0) is 46.7 Å². The predicted octanol–water partition coefficient (Wildman–Crippen LogP) is 5.95. The third kappa shape index (κ3) is 5.66. The molecule has 0 unspecified atom stereocenters. The van der Waals surface area contributed by atoms with Gasteiger partial charge >= 0.3 is 5.97 Å². The summed E-state index contributed by atoms with van der Waals surface area (Å²) in [4.78, 5) is 23.6. The van der Waals surface area contributed by atoms with Gasteiger partial charge in [-0.25, -0.2) is 9.18 Å². The predicted molar refractivity (Wildman–Crippen MR) is 131 cm³/mol. The van der Waals surface area contributed by atoms with Crippen molar-refractivity contribution in [3.63, 3.8) is 0 Å². The van der Waals surface area contributed by atoms with Gasteiger partial charge in [0.15, 0.2) is 0 Å². The molecule has 34 heavy (non-hydrogen) atoms. The molecule has 4 aromatic carbocycles. The van der Waals surface area contributed by atoms with E-state index in [0.29, 0.717) is 24.3 Å². The Morgan fingerprint density at radius 2 is 1.68 bits per heavy atom. The average Bonchev–Trinajstić information content (AvgIpc) is 2.84. The van der Waals surface area contributed by atoms with Gasteiger partial charge in [0.2, 0.25) is 0 Å². The molecule has 0 saturated heterocycles. The number of fused-ring (bicyclic) bond motifs is 1. The molecule has 0 radical (unpaired) electrons. The number of halogens is 1. The first-order valence-electron chi connectivity index (χ1n) is 10.7. The van der Waals surface area contributed by atoms with Gasteiger partial charge in [0.25, 0.3) is 5.91 Å². The Balaban J connectivity index is 1.52. The lowest BCUT2D eigenvalue weighted by molar-refractivity contribution is -0.131. The number of carbonyl (C=O) groups excluding carboxylic acids is 1. The molecule has 0 spiro atoms. The fourth-order valence-electron chi connectivity index (χ4n) is 3.53. The van der Waals surface area contributed by atoms with Crippen LogP contribution in [0.1, 0.15) is 21.5 Å². The Bertz CT molecular complexity index is 1380. The van der Waals surface area contributed by atoms with Crippen molar-refractivity contribution >= 4 is 34.4 Å². The van der Waals surface area contributed by atoms with E-state index in [9.17, 15) is 14.0 Å². The summed E-state index contributed by atoms with van der Waals surface area (Å²) in [5, 5.41) is 13.8. The van der Waals surface area contributed by atoms with Crippen LogP contribution in [-0.2, 0) is 11.2 Å². The molecule has 4 aromatic rings. The van der Waals surface area contributed by atoms with Crippen molar-refractivity contribution in [3.05, 3.63) is 114 Å². The summed E-state index contributed by atoms with van der Waals surface area (Å²) in [7, 11) is 0. The summed E-state index contributed by atoms with van der Waals surface area (Å²) in [6, 6.07) is 24.8. The second kappa shape index (κ2) is 10.4. The number of amides is 1. The largest absolute Gasteiger partial charge is 0.493 e. The molecule has 0 fully saturated rings. The molecule has 0 saturated carbocycles. The third-order valence-corrected chi connectivity index (χ3v) is 5.27. The molecule has 6 heteroatoms. The minimum absolute atomic E-state index is 0.0705. The molecule has 1 amide bonds. The highest BCUT2D eigenvalue weighted by atomic mass is 19.1. The van der Waals surface area contributed by atoms with E-state index in [4.69, 9.17) is 9.84 Å². The average molecular weight is 455 g/mol. The Morgan fingerprint density at radius 3 is 2.47 bits per heavy atom. The number of aliphatic carboxylic acids is 1. The molecule has 170 valence electrons. The van der Waals surface area contributed by atoms with Gasteiger partial charge in [-0.1, -0.05) is 60.7 Å². The molecule has 5 nitrogen and oxygen atoms in total. The van der Waals surface area contributed by atoms with Crippen LogP contribution in [0.4, 0.5) is 10.1 Å². The highest BCUT2D eigenvalue weighted by Crippen LogP contribution is 2.24. The molecule has 0 bridgehead atoms. The second-order valence-electron chi connectivity index (χ2n) is 7.64. The van der Waals surface area contributed by atoms with Crippen LogP contribution >= 0.6 is 0 Å². The van der Waals surface area contributed by atoms with E-state index in [1.165, 1.54) is 36.4 Å². The van der Waals surface area contributed by atoms with Gasteiger partial charge in [0.05, 0.1) is 12.3 Å². The number of rotatable bonds is 8. The highest BCUT2D eigenvalue weighted by molar-refractivity contribution is 6.04. The monoisotopic (exact) mass is 455 g/mol. The second-order valence-corrected chi connectivity index (χ2v) is 7.64. The maximum absolute atomic E-state index is 13.9. The lowest BCUT2D eigenvalue weighted by Gasteiger charge is -2.12. The van der Waals surface area contributed by atoms with Crippen molar-refractivity contribution in [2.24, 2.45) is 0 Å². The maximum atomic E-state index is 13.9. The van der Waals surface area contributed by atoms with Crippen LogP contribution in [0.25, 0.3) is 16.8 Å². The summed E-state index contributed by atoms with van der Waals surface area (Å²) in [5.74, 6) is -1.77. The van der Waals surface area contributed by atoms with Crippen LogP contribution in [0.3, 0.4) is 0 Å². The molecule has 0 heterocycles. The number of para-hydroxylation sites is 1. The van der Waals surface area contributed by atoms with Gasteiger partial charge < -0.3 is 15.2 Å². The van der Waals surface area contributed by atoms with Crippen LogP contribution in [0.15, 0.2) is 91.0 Å². The van der Waals surface area contributed by atoms with Gasteiger partial charge in [0.1, 0.15) is 11.6 Å². The normalized spacial score (nSPS) is 11.0. The SMILES string of the molecule is O=C(O)/C=C/c1ccc(C(=O)Nc2ccccc2F)cc1OCCc1ccc2ccccc2c1. The first kappa shape index (κ1) is 22.7. The molecule has 2 N–H and O–H groups in total. The zero-order chi connectivity index (χ0) is 23.9. The summed E-state index contributed by atoms with van der Waals surface area (Å²) in [5.41, 5.74) is 1.94. The first-order valence-corrected chi connectivity index (χ1v) is 10.7. The van der Waals surface area contributed by atoms with E-state index >= 15 is 0 Å². The van der Waals surface area contributed by atoms with Gasteiger partial charge in [-0.15, -0.1) is 0 Å². The summed E-state index contributed by atoms with van der Waals surface area (Å²) < 4.78 is 19.9. The molecular weight excluding hydrogens is 433 g/mol. The third-order valence-electron chi connectivity index (χ3n) is 5.27. The van der Waals surface area contributed by atoms with E-state index in [-0.39, 0.29) is 11.3 Å². The zero-order valence-electron chi connectivity index (χ0n) is 18.2. The van der Waals surface area contributed by atoms with E-state index in [1.54, 1.807) is 12.1 Å². The number of hydrogen-bond donors (Lipinski definition) is 2. The van der Waals surface area contributed by atoms with E-state index in [2.05, 4.69) is 23.5 Å². The molecule has 4 rings (SSSR count). The lowest BCUT2D eigenvalue weighted by Crippen LogP contribution is -2.13. The number of anilines is 1. The summed E-state index contributed by atoms with van der Waals surface area (Å²) >= 11 is 0. The number of nitrogens with one attached hydrogen (secondary N) is 1. The number of carboxylic acids is 1. The van der Waals surface area contributed by atoms with Crippen LogP contribution < -0.4 is 10.1 Å². The molecule has 0 aliphatic carbocycles. The van der Waals surface area contributed by atoms with Crippen molar-refractivity contribution < 1.29 is 23.8 Å². The Morgan fingerprint density at radius 1 is 0.912 bits per heavy atom. The quantitative estimate of drug-likeness (QED) is 0.322. The van der Waals surface area contributed by atoms with Crippen LogP contribution in [0.2, 0.25) is 0 Å². The highest BCUT2D eigenvalue weighted by Gasteiger charge is 2.12. The molecular formula is C28H22FNO4. The van der Waals surface area contributed by atoms with E-state index in [1.807, 2.05) is 24.3 Å². The molecule has 0 atom stereocenters. The standard InChI is InChI=1S/C28H22FNO4/c29-24-7-3-4-8-25(24)30-28(33)23-12-11-21(13-14-27(31)32)26(18-23)34-16-15-19-9-10-20-5-1-2-6-22(20)17-19/h1-14,17-18H,15-16H2,(H,30,33)(H,31,32)/b14-13+. The summed E-state index contributed by atoms with van der Waals surface area (Å²) in [6.45, 7) is 0.324. The Kier molecular flexibility index (Phi) is 6.98. The minimum Gasteiger partial charge on any atom is -0.493 e. The number of benzene rings is 4. The zero-order valence-corrected chi connectivity index (χ0v) is 18.2. The Labute approximate surface area is 196 Å². The van der Waals surface area contributed by atoms with E-state index in [0.717, 1.165) is 22.4 Å². The van der Waals surface area contributed by atoms with Crippen LogP contribution in [0.5, 0.6) is 5.75 Å². The number of ether oxygens (including phenoxy) is 1. The van der Waals surface area contributed by atoms with Crippen molar-refractivity contribution in [2.45, 2.75) is 6.42 Å². The van der Waals surface area contributed by atoms with Crippen LogP contribution in [0, 0.1) is 5.82 Å². The Hall–Kier alpha value is -4.45. The number of carbonyl (C=O) groups is 2. The summed E-state index contributed by atoms with van der Waals surface area (Å²) in [6.07, 6.45) is 3.04. The van der Waals surface area contributed by atoms with E-state index < -0.39 is 17.7 Å². The minimum atomic E-state index is -1.09. The van der Waals surface area contributed by atoms with Crippen LogP contribution in [-0.4, -0.2) is 23.6 Å². The first-order chi connectivity index (χ1) is 16.5. The van der Waals surface area contributed by atoms with Crippen molar-refractivity contribution in [3.8, 4) is 5.75 Å². The van der Waals surface area contributed by atoms with Crippen molar-refractivity contribution in [2.75, 3.05) is 11.9 Å². The lowest BCUT2D eigenvalue weighted by atomic mass is 10.1. The maximum Gasteiger partial charge on any atom is 0.328 e. The van der Waals surface area contributed by atoms with Gasteiger partial charge in [-0.2, -0.15) is 0 Å². The number of hydrogen-bond acceptors (Lipinski definition) is 3. The molecule has 0 aromatic heterocycles. The smallest absolute Gasteiger partial charge is 0.328 e. The fourth-order valence-corrected chi connectivity index (χ4v) is 3.53. The topological polar surface area (TPSA) is 75.6 Å². The molecule has 0 aliphatic rings. The van der Waals surface area contributed by atoms with Crippen molar-refractivity contribution in [1.29, 1.82) is 0 Å². The van der Waals surface area contributed by atoms with Gasteiger partial charge in [0, 0.05) is 23.6 Å². The number of carboxylic acid groups (broad SMARTS) is 1. The van der Waals surface area contributed by atoms with Gasteiger partial charge in [-0.3, -0.25) is 4.79 Å². The molecule has 0 aliphatic heterocycles. The van der Waals surface area contributed by atoms with Crippen molar-refractivity contribution in [1.82, 2.24) is 0 Å². The fraction of sp³-hybridized carbons (Fsp3) is 0.0714.